The monoisotopic (exact) mass is 533 g/mol. The third-order valence-corrected chi connectivity index (χ3v) is 7.77. The zero-order valence-corrected chi connectivity index (χ0v) is 21.7. The van der Waals surface area contributed by atoms with Crippen molar-refractivity contribution in [2.45, 2.75) is 70.1 Å². The first-order valence-corrected chi connectivity index (χ1v) is 12.8. The van der Waals surface area contributed by atoms with E-state index in [9.17, 15) is 19.1 Å². The number of aromatic nitrogens is 7. The number of Topliss-reactive ketones (excluding diaryl/α,β-unsaturated/α-hetero) is 1. The Labute approximate surface area is 222 Å². The zero-order valence-electron chi connectivity index (χ0n) is 21.7. The van der Waals surface area contributed by atoms with Crippen LogP contribution in [0.25, 0.3) is 16.8 Å². The molecule has 2 atom stereocenters. The first kappa shape index (κ1) is 25.0. The smallest absolute Gasteiger partial charge is 0.291 e. The molecule has 0 spiro atoms. The highest BCUT2D eigenvalue weighted by atomic mass is 19.1. The van der Waals surface area contributed by atoms with Gasteiger partial charge in [-0.05, 0) is 52.5 Å². The molecule has 0 aliphatic carbocycles. The highest BCUT2D eigenvalue weighted by Gasteiger charge is 2.45. The Balaban J connectivity index is 1.41. The summed E-state index contributed by atoms with van der Waals surface area (Å²) in [5, 5.41) is 21.0. The lowest BCUT2D eigenvalue weighted by molar-refractivity contribution is 0.0556. The molecule has 2 saturated heterocycles. The van der Waals surface area contributed by atoms with Crippen LogP contribution in [0.5, 0.6) is 0 Å². The Morgan fingerprint density at radius 2 is 1.90 bits per heavy atom. The van der Waals surface area contributed by atoms with Gasteiger partial charge in [0.05, 0.1) is 17.5 Å². The topological polar surface area (TPSA) is 168 Å². The summed E-state index contributed by atoms with van der Waals surface area (Å²) in [5.41, 5.74) is 7.11. The van der Waals surface area contributed by atoms with Crippen LogP contribution >= 0.6 is 0 Å². The number of halogens is 1. The number of rotatable bonds is 5. The molecule has 2 aliphatic heterocycles. The first-order valence-electron chi connectivity index (χ1n) is 12.8. The van der Waals surface area contributed by atoms with Crippen molar-refractivity contribution in [3.05, 3.63) is 53.4 Å². The Morgan fingerprint density at radius 1 is 1.18 bits per heavy atom. The Hall–Kier alpha value is -4.26. The molecule has 0 aromatic carbocycles. The van der Waals surface area contributed by atoms with Crippen LogP contribution in [-0.2, 0) is 5.60 Å². The van der Waals surface area contributed by atoms with E-state index < -0.39 is 11.4 Å². The number of nitrogens with two attached hydrogens (primary N) is 1. The van der Waals surface area contributed by atoms with E-state index in [4.69, 9.17) is 10.7 Å². The molecule has 202 valence electrons. The largest absolute Gasteiger partial charge is 0.384 e. The summed E-state index contributed by atoms with van der Waals surface area (Å²) in [7, 11) is 0. The molecule has 4 aromatic rings. The predicted octanol–water partition coefficient (Wildman–Crippen LogP) is 2.61. The molecule has 12 nitrogen and oxygen atoms in total. The molecule has 2 aliphatic rings. The number of nitrogen functional groups attached to an aromatic ring is 1. The van der Waals surface area contributed by atoms with Crippen LogP contribution in [0.4, 0.5) is 10.2 Å². The number of fused-ring (bicyclic) bond motifs is 3. The van der Waals surface area contributed by atoms with Crippen molar-refractivity contribution in [1.29, 1.82) is 0 Å². The van der Waals surface area contributed by atoms with Crippen molar-refractivity contribution in [2.24, 2.45) is 0 Å². The maximum absolute atomic E-state index is 14.9. The van der Waals surface area contributed by atoms with Gasteiger partial charge in [0, 0.05) is 35.3 Å². The highest BCUT2D eigenvalue weighted by molar-refractivity contribution is 6.00. The van der Waals surface area contributed by atoms with Gasteiger partial charge in [-0.25, -0.2) is 14.4 Å². The number of nitrogens with one attached hydrogen (secondary N) is 1. The fraction of sp³-hybridized carbons (Fsp3) is 0.423. The van der Waals surface area contributed by atoms with Crippen LogP contribution in [0, 0.1) is 5.82 Å². The van der Waals surface area contributed by atoms with Gasteiger partial charge in [0.1, 0.15) is 29.3 Å². The van der Waals surface area contributed by atoms with Crippen LogP contribution in [0.3, 0.4) is 0 Å². The molecule has 39 heavy (non-hydrogen) atoms. The minimum Gasteiger partial charge on any atom is -0.384 e. The number of aliphatic hydroxyl groups is 1. The van der Waals surface area contributed by atoms with Crippen molar-refractivity contribution >= 4 is 23.2 Å². The normalized spacial score (nSPS) is 21.1. The number of ketones is 1. The van der Waals surface area contributed by atoms with Crippen molar-refractivity contribution in [1.82, 2.24) is 39.7 Å². The van der Waals surface area contributed by atoms with Crippen molar-refractivity contribution in [2.75, 3.05) is 5.73 Å². The van der Waals surface area contributed by atoms with Gasteiger partial charge < -0.3 is 15.7 Å². The van der Waals surface area contributed by atoms with Gasteiger partial charge in [0.15, 0.2) is 11.4 Å². The molecule has 4 N–H and O–H groups in total. The van der Waals surface area contributed by atoms with Crippen LogP contribution < -0.4 is 5.73 Å². The second-order valence-corrected chi connectivity index (χ2v) is 10.8. The Kier molecular flexibility index (Phi) is 5.72. The highest BCUT2D eigenvalue weighted by Crippen LogP contribution is 2.45. The predicted molar refractivity (Wildman–Crippen MR) is 137 cm³/mol. The third-order valence-electron chi connectivity index (χ3n) is 7.77. The van der Waals surface area contributed by atoms with Crippen LogP contribution in [0.15, 0.2) is 24.8 Å². The van der Waals surface area contributed by atoms with Crippen molar-refractivity contribution in [3.63, 3.8) is 0 Å². The summed E-state index contributed by atoms with van der Waals surface area (Å²) in [5.74, 6) is -0.836. The number of piperidine rings is 1. The summed E-state index contributed by atoms with van der Waals surface area (Å²) in [6, 6.07) is 1.20. The van der Waals surface area contributed by atoms with E-state index in [1.54, 1.807) is 0 Å². The summed E-state index contributed by atoms with van der Waals surface area (Å²) in [6.45, 7) is 4.37. The van der Waals surface area contributed by atoms with E-state index in [0.29, 0.717) is 40.9 Å². The molecule has 4 aromatic heterocycles. The van der Waals surface area contributed by atoms with Gasteiger partial charge in [0.25, 0.3) is 5.91 Å². The number of aromatic amines is 1. The van der Waals surface area contributed by atoms with Gasteiger partial charge in [-0.3, -0.25) is 19.7 Å². The number of hydrogen-bond acceptors (Lipinski definition) is 9. The van der Waals surface area contributed by atoms with E-state index in [-0.39, 0.29) is 47.0 Å². The van der Waals surface area contributed by atoms with Crippen molar-refractivity contribution in [3.8, 4) is 11.1 Å². The SMILES string of the molecule is CC(=O)c1c(C2CC3CCC(C2)N3C(=O)c2ncn[nH]2)nc2c(-c3cnc(C(C)(C)O)c(F)c3)cnn2c1N. The Morgan fingerprint density at radius 3 is 2.49 bits per heavy atom. The second kappa shape index (κ2) is 8.90. The minimum atomic E-state index is -1.45. The molecule has 2 fully saturated rings. The molecule has 0 saturated carbocycles. The van der Waals surface area contributed by atoms with Gasteiger partial charge in [-0.15, -0.1) is 0 Å². The molecule has 2 unspecified atom stereocenters. The van der Waals surface area contributed by atoms with Gasteiger partial charge >= 0.3 is 0 Å². The number of amides is 1. The number of carbonyl (C=O) groups is 2. The standard InChI is InChI=1S/C26H28FN9O3/c1-12(37)19-20(13-6-15-4-5-16(7-13)35(15)25(38)23-30-11-31-34-23)33-24-17(10-32-36(24)22(19)28)14-8-18(27)21(29-9-14)26(2,3)39/h8-11,13,15-16,39H,4-7,28H2,1-3H3,(H,30,31,34). The van der Waals surface area contributed by atoms with E-state index >= 15 is 0 Å². The average Bonchev–Trinajstić information content (AvgIpc) is 3.61. The summed E-state index contributed by atoms with van der Waals surface area (Å²) in [6.07, 6.45) is 7.17. The van der Waals surface area contributed by atoms with Gasteiger partial charge in [0.2, 0.25) is 5.82 Å². The molecular weight excluding hydrogens is 505 g/mol. The van der Waals surface area contributed by atoms with Crippen LogP contribution in [0.2, 0.25) is 0 Å². The number of pyridine rings is 1. The summed E-state index contributed by atoms with van der Waals surface area (Å²) < 4.78 is 16.3. The van der Waals surface area contributed by atoms with E-state index in [2.05, 4.69) is 25.3 Å². The fourth-order valence-electron chi connectivity index (χ4n) is 6.09. The first-order chi connectivity index (χ1) is 18.5. The van der Waals surface area contributed by atoms with Crippen molar-refractivity contribution < 1.29 is 19.1 Å². The lowest BCUT2D eigenvalue weighted by Crippen LogP contribution is -2.46. The van der Waals surface area contributed by atoms with Crippen LogP contribution in [-0.4, -0.2) is 68.5 Å². The molecule has 0 radical (unpaired) electrons. The molecular formula is C26H28FN9O3. The number of carbonyl (C=O) groups excluding carboxylic acids is 2. The van der Waals surface area contributed by atoms with Gasteiger partial charge in [-0.1, -0.05) is 0 Å². The molecule has 2 bridgehead atoms. The number of H-pyrrole nitrogens is 1. The third kappa shape index (κ3) is 4.04. The lowest BCUT2D eigenvalue weighted by Gasteiger charge is -2.38. The average molecular weight is 534 g/mol. The number of hydrogen-bond donors (Lipinski definition) is 3. The van der Waals surface area contributed by atoms with E-state index in [1.807, 2.05) is 4.90 Å². The minimum absolute atomic E-state index is 0.0394. The molecule has 6 rings (SSSR count). The zero-order chi connectivity index (χ0) is 27.6. The van der Waals surface area contributed by atoms with E-state index in [0.717, 1.165) is 12.8 Å². The van der Waals surface area contributed by atoms with E-state index in [1.165, 1.54) is 50.1 Å². The van der Waals surface area contributed by atoms with Gasteiger partial charge in [-0.2, -0.15) is 14.7 Å². The fourth-order valence-corrected chi connectivity index (χ4v) is 6.09. The lowest BCUT2D eigenvalue weighted by atomic mass is 9.85. The number of anilines is 1. The summed E-state index contributed by atoms with van der Waals surface area (Å²) in [4.78, 5) is 40.8. The molecule has 13 heteroatoms. The second-order valence-electron chi connectivity index (χ2n) is 10.8. The molecule has 6 heterocycles. The number of nitrogens with zero attached hydrogens (tertiary/aromatic N) is 7. The molecule has 1 amide bonds. The maximum Gasteiger partial charge on any atom is 0.291 e. The Bertz CT molecular complexity index is 1600. The summed E-state index contributed by atoms with van der Waals surface area (Å²) >= 11 is 0. The van der Waals surface area contributed by atoms with Crippen LogP contribution in [0.1, 0.15) is 84.7 Å². The maximum atomic E-state index is 14.9. The quantitative estimate of drug-likeness (QED) is 0.327.